The second kappa shape index (κ2) is 8.78. The van der Waals surface area contributed by atoms with E-state index < -0.39 is 17.7 Å². The van der Waals surface area contributed by atoms with E-state index in [1.807, 2.05) is 38.1 Å². The second-order valence-corrected chi connectivity index (χ2v) is 7.39. The minimum absolute atomic E-state index is 0.239. The molecule has 1 aromatic heterocycles. The number of rotatable bonds is 5. The van der Waals surface area contributed by atoms with Crippen LogP contribution in [0.3, 0.4) is 0 Å². The van der Waals surface area contributed by atoms with Crippen molar-refractivity contribution in [3.05, 3.63) is 70.5 Å². The lowest BCUT2D eigenvalue weighted by Gasteiger charge is -2.12. The molecule has 0 saturated heterocycles. The largest absolute Gasteiger partial charge is 0.463 e. The zero-order valence-corrected chi connectivity index (χ0v) is 17.0. The average Bonchev–Trinajstić information content (AvgIpc) is 3.04. The molecule has 158 valence electrons. The highest BCUT2D eigenvalue weighted by Crippen LogP contribution is 2.30. The Morgan fingerprint density at radius 2 is 1.70 bits per heavy atom. The van der Waals surface area contributed by atoms with E-state index in [0.717, 1.165) is 28.5 Å². The van der Waals surface area contributed by atoms with Crippen molar-refractivity contribution in [3.63, 3.8) is 0 Å². The fourth-order valence-corrected chi connectivity index (χ4v) is 3.35. The first-order valence-corrected chi connectivity index (χ1v) is 9.77. The van der Waals surface area contributed by atoms with Gasteiger partial charge in [0.1, 0.15) is 10.8 Å². The van der Waals surface area contributed by atoms with E-state index in [1.165, 1.54) is 18.2 Å². The van der Waals surface area contributed by atoms with Crippen molar-refractivity contribution in [1.29, 1.82) is 0 Å². The molecule has 0 unspecified atom stereocenters. The third kappa shape index (κ3) is 4.75. The van der Waals surface area contributed by atoms with Crippen LogP contribution in [-0.2, 0) is 15.7 Å². The maximum atomic E-state index is 13.0. The van der Waals surface area contributed by atoms with Crippen molar-refractivity contribution < 1.29 is 27.1 Å². The Morgan fingerprint density at radius 1 is 1.07 bits per heavy atom. The van der Waals surface area contributed by atoms with Gasteiger partial charge in [-0.25, -0.2) is 4.79 Å². The number of hydrogen-bond acceptors (Lipinski definition) is 3. The van der Waals surface area contributed by atoms with Crippen LogP contribution in [-0.4, -0.2) is 12.6 Å². The minimum atomic E-state index is -4.39. The number of alkyl halides is 3. The normalized spacial score (nSPS) is 13.8. The van der Waals surface area contributed by atoms with E-state index in [0.29, 0.717) is 22.8 Å². The molecular formula is C24H23F3O3. The maximum Gasteiger partial charge on any atom is 0.416 e. The molecule has 0 aliphatic carbocycles. The Balaban J connectivity index is 2.29. The Hall–Kier alpha value is -3.02. The van der Waals surface area contributed by atoms with Gasteiger partial charge in [-0.3, -0.25) is 0 Å². The highest BCUT2D eigenvalue weighted by Gasteiger charge is 2.30. The standard InChI is InChI=1S/C24H23F3O3/c1-4-29-22(28)14-21-18-7-5-6-8-19(18)23(30-21)20(13-15(2)3)16-9-11-17(12-10-16)24(25,26)27/h5-12,14-15H,4,13H2,1-3H3/b21-14+,23-20-. The van der Waals surface area contributed by atoms with Crippen LogP contribution >= 0.6 is 0 Å². The number of furan rings is 1. The summed E-state index contributed by atoms with van der Waals surface area (Å²) in [7, 11) is 0. The first-order chi connectivity index (χ1) is 14.2. The van der Waals surface area contributed by atoms with E-state index in [2.05, 4.69) is 0 Å². The molecule has 30 heavy (non-hydrogen) atoms. The Morgan fingerprint density at radius 3 is 2.27 bits per heavy atom. The smallest absolute Gasteiger partial charge is 0.416 e. The molecule has 3 rings (SSSR count). The van der Waals surface area contributed by atoms with Crippen molar-refractivity contribution in [2.24, 2.45) is 5.92 Å². The summed E-state index contributed by atoms with van der Waals surface area (Å²) in [6.45, 7) is 6.02. The number of esters is 1. The van der Waals surface area contributed by atoms with Gasteiger partial charge in [0.15, 0.2) is 0 Å². The fourth-order valence-electron chi connectivity index (χ4n) is 3.35. The van der Waals surface area contributed by atoms with E-state index in [1.54, 1.807) is 6.92 Å². The number of carbonyl (C=O) groups is 1. The average molecular weight is 416 g/mol. The molecule has 0 aliphatic heterocycles. The summed E-state index contributed by atoms with van der Waals surface area (Å²) in [5, 5.41) is 1.54. The number of hydrogen-bond donors (Lipinski definition) is 0. The number of benzene rings is 2. The highest BCUT2D eigenvalue weighted by atomic mass is 19.4. The van der Waals surface area contributed by atoms with E-state index >= 15 is 0 Å². The predicted octanol–water partition coefficient (Wildman–Crippen LogP) is 5.04. The van der Waals surface area contributed by atoms with Gasteiger partial charge in [-0.1, -0.05) is 50.2 Å². The molecule has 0 fully saturated rings. The topological polar surface area (TPSA) is 39.4 Å². The summed E-state index contributed by atoms with van der Waals surface area (Å²) in [6, 6.07) is 12.5. The summed E-state index contributed by atoms with van der Waals surface area (Å²) in [5.74, 6) is -0.271. The number of fused-ring (bicyclic) bond motifs is 1. The molecule has 3 nitrogen and oxygen atoms in total. The second-order valence-electron chi connectivity index (χ2n) is 7.39. The van der Waals surface area contributed by atoms with Crippen molar-refractivity contribution in [3.8, 4) is 0 Å². The van der Waals surface area contributed by atoms with Crippen LogP contribution in [0.15, 0.2) is 52.9 Å². The first-order valence-electron chi connectivity index (χ1n) is 9.77. The van der Waals surface area contributed by atoms with E-state index in [4.69, 9.17) is 9.15 Å². The number of carbonyl (C=O) groups excluding carboxylic acids is 1. The van der Waals surface area contributed by atoms with Crippen molar-refractivity contribution in [2.45, 2.75) is 33.4 Å². The number of halogens is 3. The van der Waals surface area contributed by atoms with Gasteiger partial charge >= 0.3 is 12.1 Å². The molecule has 1 heterocycles. The van der Waals surface area contributed by atoms with E-state index in [-0.39, 0.29) is 12.5 Å². The summed E-state index contributed by atoms with van der Waals surface area (Å²) in [5.41, 5.74) is 1.66. The Kier molecular flexibility index (Phi) is 6.34. The van der Waals surface area contributed by atoms with Crippen molar-refractivity contribution in [2.75, 3.05) is 6.61 Å². The molecule has 0 N–H and O–H groups in total. The molecule has 0 radical (unpaired) electrons. The molecule has 0 spiro atoms. The lowest BCUT2D eigenvalue weighted by molar-refractivity contribution is -0.137. The monoisotopic (exact) mass is 416 g/mol. The summed E-state index contributed by atoms with van der Waals surface area (Å²) in [6.07, 6.45) is -2.49. The summed E-state index contributed by atoms with van der Waals surface area (Å²) >= 11 is 0. The molecule has 3 aromatic rings. The molecule has 0 bridgehead atoms. The van der Waals surface area contributed by atoms with Crippen molar-refractivity contribution >= 4 is 28.4 Å². The molecule has 0 saturated carbocycles. The molecule has 6 heteroatoms. The van der Waals surface area contributed by atoms with Crippen LogP contribution in [0.5, 0.6) is 0 Å². The fraction of sp³-hybridized carbons (Fsp3) is 0.292. The van der Waals surface area contributed by atoms with Crippen LogP contribution in [0, 0.1) is 5.92 Å². The van der Waals surface area contributed by atoms with Crippen LogP contribution < -0.4 is 10.8 Å². The summed E-state index contributed by atoms with van der Waals surface area (Å²) < 4.78 is 50.0. The van der Waals surface area contributed by atoms with Gasteiger partial charge in [-0.15, -0.1) is 0 Å². The van der Waals surface area contributed by atoms with Crippen LogP contribution in [0.4, 0.5) is 13.2 Å². The van der Waals surface area contributed by atoms with Crippen molar-refractivity contribution in [1.82, 2.24) is 0 Å². The van der Waals surface area contributed by atoms with Gasteiger partial charge in [0, 0.05) is 16.3 Å². The Bertz CT molecular complexity index is 1150. The van der Waals surface area contributed by atoms with E-state index in [9.17, 15) is 18.0 Å². The summed E-state index contributed by atoms with van der Waals surface area (Å²) in [4.78, 5) is 12.0. The molecule has 0 atom stereocenters. The van der Waals surface area contributed by atoms with Gasteiger partial charge in [-0.2, -0.15) is 13.2 Å². The van der Waals surface area contributed by atoms with Gasteiger partial charge in [0.25, 0.3) is 0 Å². The van der Waals surface area contributed by atoms with Crippen LogP contribution in [0.1, 0.15) is 38.3 Å². The van der Waals surface area contributed by atoms with Gasteiger partial charge in [0.2, 0.25) is 0 Å². The lowest BCUT2D eigenvalue weighted by atomic mass is 9.94. The molecule has 2 aromatic carbocycles. The quantitative estimate of drug-likeness (QED) is 0.547. The molecule has 0 amide bonds. The molecular weight excluding hydrogens is 393 g/mol. The number of ether oxygens (including phenoxy) is 1. The SMILES string of the molecule is CCOC(=O)/C=c1/o/c(=C(/CC(C)C)c2ccc(C(F)(F)F)cc2)c2ccccc12. The van der Waals surface area contributed by atoms with Gasteiger partial charge in [0.05, 0.1) is 18.2 Å². The van der Waals surface area contributed by atoms with Crippen LogP contribution in [0.25, 0.3) is 22.4 Å². The molecule has 0 aliphatic rings. The lowest BCUT2D eigenvalue weighted by Crippen LogP contribution is -2.11. The third-order valence-electron chi connectivity index (χ3n) is 4.63. The Labute approximate surface area is 172 Å². The third-order valence-corrected chi connectivity index (χ3v) is 4.63. The van der Waals surface area contributed by atoms with Gasteiger partial charge in [-0.05, 0) is 37.0 Å². The van der Waals surface area contributed by atoms with Crippen LogP contribution in [0.2, 0.25) is 0 Å². The zero-order chi connectivity index (χ0) is 21.9. The minimum Gasteiger partial charge on any atom is -0.463 e. The highest BCUT2D eigenvalue weighted by molar-refractivity contribution is 6.02. The van der Waals surface area contributed by atoms with Gasteiger partial charge < -0.3 is 9.15 Å². The maximum absolute atomic E-state index is 13.0. The first kappa shape index (κ1) is 21.7. The predicted molar refractivity (Wildman–Crippen MR) is 110 cm³/mol. The zero-order valence-electron chi connectivity index (χ0n) is 17.0.